The van der Waals surface area contributed by atoms with Crippen molar-refractivity contribution in [1.29, 1.82) is 0 Å². The first-order valence-corrected chi connectivity index (χ1v) is 9.35. The number of ether oxygens (including phenoxy) is 2. The van der Waals surface area contributed by atoms with Gasteiger partial charge in [-0.2, -0.15) is 0 Å². The van der Waals surface area contributed by atoms with Crippen molar-refractivity contribution in [3.63, 3.8) is 0 Å². The average molecular weight is 394 g/mol. The van der Waals surface area contributed by atoms with Crippen LogP contribution < -0.4 is 14.2 Å². The molecule has 26 heavy (non-hydrogen) atoms. The van der Waals surface area contributed by atoms with E-state index in [1.807, 2.05) is 0 Å². The minimum absolute atomic E-state index is 0.0548. The number of rotatable bonds is 5. The molecule has 8 nitrogen and oxygen atoms in total. The number of benzene rings is 2. The topological polar surface area (TPSA) is 104 Å². The summed E-state index contributed by atoms with van der Waals surface area (Å²) in [7, 11) is -3.77. The van der Waals surface area contributed by atoms with Crippen LogP contribution in [-0.4, -0.2) is 25.4 Å². The Morgan fingerprint density at radius 3 is 2.62 bits per heavy atom. The molecule has 10 heteroatoms. The van der Waals surface area contributed by atoms with E-state index in [1.165, 1.54) is 12.1 Å². The Kier molecular flexibility index (Phi) is 4.27. The molecule has 2 aromatic carbocycles. The zero-order valence-electron chi connectivity index (χ0n) is 13.2. The molecule has 134 valence electrons. The van der Waals surface area contributed by atoms with Gasteiger partial charge in [-0.1, -0.05) is 11.6 Å². The van der Waals surface area contributed by atoms with E-state index in [0.717, 1.165) is 0 Å². The Morgan fingerprint density at radius 1 is 1.04 bits per heavy atom. The van der Waals surface area contributed by atoms with Crippen LogP contribution in [0.15, 0.2) is 51.8 Å². The van der Waals surface area contributed by atoms with Gasteiger partial charge in [-0.25, -0.2) is 13.1 Å². The summed E-state index contributed by atoms with van der Waals surface area (Å²) in [5.74, 6) is 1.31. The highest BCUT2D eigenvalue weighted by molar-refractivity contribution is 7.89. The van der Waals surface area contributed by atoms with E-state index in [1.54, 1.807) is 30.3 Å². The smallest absolute Gasteiger partial charge is 0.247 e. The predicted octanol–water partition coefficient (Wildman–Crippen LogP) is 2.60. The van der Waals surface area contributed by atoms with Crippen molar-refractivity contribution in [2.45, 2.75) is 11.4 Å². The minimum Gasteiger partial charge on any atom is -0.454 e. The summed E-state index contributed by atoms with van der Waals surface area (Å²) in [6, 6.07) is 11.2. The van der Waals surface area contributed by atoms with Gasteiger partial charge in [0.05, 0.1) is 11.4 Å². The Bertz CT molecular complexity index is 1050. The molecule has 0 atom stereocenters. The van der Waals surface area contributed by atoms with Crippen LogP contribution in [0, 0.1) is 0 Å². The van der Waals surface area contributed by atoms with Crippen LogP contribution in [0.1, 0.15) is 5.89 Å². The molecule has 0 saturated heterocycles. The first-order chi connectivity index (χ1) is 12.5. The van der Waals surface area contributed by atoms with Gasteiger partial charge < -0.3 is 13.9 Å². The van der Waals surface area contributed by atoms with E-state index >= 15 is 0 Å². The molecule has 3 aromatic rings. The van der Waals surface area contributed by atoms with Crippen LogP contribution in [0.3, 0.4) is 0 Å². The van der Waals surface area contributed by atoms with Gasteiger partial charge in [-0.3, -0.25) is 0 Å². The molecule has 0 fully saturated rings. The maximum absolute atomic E-state index is 12.4. The van der Waals surface area contributed by atoms with E-state index in [2.05, 4.69) is 14.9 Å². The number of halogens is 1. The van der Waals surface area contributed by atoms with Gasteiger partial charge >= 0.3 is 0 Å². The lowest BCUT2D eigenvalue weighted by Crippen LogP contribution is -2.23. The second-order valence-corrected chi connectivity index (χ2v) is 7.55. The van der Waals surface area contributed by atoms with Crippen molar-refractivity contribution in [2.24, 2.45) is 0 Å². The van der Waals surface area contributed by atoms with Gasteiger partial charge in [-0.15, -0.1) is 10.2 Å². The molecule has 1 aliphatic heterocycles. The van der Waals surface area contributed by atoms with Crippen molar-refractivity contribution >= 4 is 21.6 Å². The number of nitrogens with zero attached hydrogens (tertiary/aromatic N) is 2. The first-order valence-electron chi connectivity index (χ1n) is 7.49. The molecule has 1 aliphatic rings. The Morgan fingerprint density at radius 2 is 1.81 bits per heavy atom. The molecule has 0 amide bonds. The van der Waals surface area contributed by atoms with E-state index in [0.29, 0.717) is 22.1 Å². The summed E-state index contributed by atoms with van der Waals surface area (Å²) in [6.45, 7) is -0.0703. The monoisotopic (exact) mass is 393 g/mol. The molecular weight excluding hydrogens is 382 g/mol. The lowest BCUT2D eigenvalue weighted by molar-refractivity contribution is 0.174. The number of hydrogen-bond donors (Lipinski definition) is 1. The summed E-state index contributed by atoms with van der Waals surface area (Å²) in [6.07, 6.45) is 0. The number of fused-ring (bicyclic) bond motifs is 1. The molecule has 1 N–H and O–H groups in total. The maximum atomic E-state index is 12.4. The summed E-state index contributed by atoms with van der Waals surface area (Å²) >= 11 is 5.84. The second kappa shape index (κ2) is 6.60. The zero-order chi connectivity index (χ0) is 18.1. The second-order valence-electron chi connectivity index (χ2n) is 5.35. The number of sulfonamides is 1. The Balaban J connectivity index is 1.47. The van der Waals surface area contributed by atoms with E-state index in [9.17, 15) is 8.42 Å². The molecule has 4 rings (SSSR count). The van der Waals surface area contributed by atoms with Crippen LogP contribution in [0.2, 0.25) is 5.02 Å². The highest BCUT2D eigenvalue weighted by Gasteiger charge is 2.21. The van der Waals surface area contributed by atoms with E-state index in [4.69, 9.17) is 25.5 Å². The molecule has 0 aliphatic carbocycles. The third kappa shape index (κ3) is 3.36. The summed E-state index contributed by atoms with van der Waals surface area (Å²) in [5, 5.41) is 8.34. The van der Waals surface area contributed by atoms with Crippen LogP contribution in [-0.2, 0) is 16.6 Å². The quantitative estimate of drug-likeness (QED) is 0.710. The van der Waals surface area contributed by atoms with E-state index in [-0.39, 0.29) is 30.0 Å². The lowest BCUT2D eigenvalue weighted by Gasteiger charge is -2.05. The molecule has 2 heterocycles. The standard InChI is InChI=1S/C16H12ClN3O5S/c17-11-3-1-10(2-4-11)16-20-19-15(25-16)8-18-26(21,22)12-5-6-13-14(7-12)24-9-23-13/h1-7,18H,8-9H2. The molecule has 0 radical (unpaired) electrons. The average Bonchev–Trinajstić information content (AvgIpc) is 3.29. The predicted molar refractivity (Wildman–Crippen MR) is 91.3 cm³/mol. The van der Waals surface area contributed by atoms with Crippen molar-refractivity contribution in [2.75, 3.05) is 6.79 Å². The highest BCUT2D eigenvalue weighted by atomic mass is 35.5. The van der Waals surface area contributed by atoms with Crippen molar-refractivity contribution in [3.05, 3.63) is 53.4 Å². The van der Waals surface area contributed by atoms with Gasteiger partial charge in [0, 0.05) is 16.7 Å². The third-order valence-corrected chi connectivity index (χ3v) is 5.28. The Hall–Kier alpha value is -2.62. The normalized spacial score (nSPS) is 13.1. The molecular formula is C16H12ClN3O5S. The number of hydrogen-bond acceptors (Lipinski definition) is 7. The molecule has 0 unspecified atom stereocenters. The van der Waals surface area contributed by atoms with Crippen molar-refractivity contribution in [3.8, 4) is 23.0 Å². The first kappa shape index (κ1) is 16.8. The summed E-state index contributed by atoms with van der Waals surface area (Å²) in [5.41, 5.74) is 0.687. The van der Waals surface area contributed by atoms with Gasteiger partial charge in [-0.05, 0) is 36.4 Å². The number of nitrogens with one attached hydrogen (secondary N) is 1. The minimum atomic E-state index is -3.77. The van der Waals surface area contributed by atoms with Crippen molar-refractivity contribution < 1.29 is 22.3 Å². The fourth-order valence-corrected chi connectivity index (χ4v) is 3.43. The SMILES string of the molecule is O=S(=O)(NCc1nnc(-c2ccc(Cl)cc2)o1)c1ccc2c(c1)OCO2. The Labute approximate surface area is 153 Å². The fourth-order valence-electron chi connectivity index (χ4n) is 2.32. The van der Waals surface area contributed by atoms with Gasteiger partial charge in [0.2, 0.25) is 28.6 Å². The third-order valence-electron chi connectivity index (χ3n) is 3.63. The van der Waals surface area contributed by atoms with Gasteiger partial charge in [0.25, 0.3) is 0 Å². The number of aromatic nitrogens is 2. The van der Waals surface area contributed by atoms with Gasteiger partial charge in [0.15, 0.2) is 11.5 Å². The van der Waals surface area contributed by atoms with Crippen LogP contribution in [0.5, 0.6) is 11.5 Å². The van der Waals surface area contributed by atoms with Crippen LogP contribution in [0.25, 0.3) is 11.5 Å². The molecule has 1 aromatic heterocycles. The lowest BCUT2D eigenvalue weighted by atomic mass is 10.2. The molecule has 0 spiro atoms. The van der Waals surface area contributed by atoms with Crippen LogP contribution >= 0.6 is 11.6 Å². The molecule has 0 bridgehead atoms. The van der Waals surface area contributed by atoms with Gasteiger partial charge in [0.1, 0.15) is 0 Å². The zero-order valence-corrected chi connectivity index (χ0v) is 14.7. The van der Waals surface area contributed by atoms with Crippen LogP contribution in [0.4, 0.5) is 0 Å². The fraction of sp³-hybridized carbons (Fsp3) is 0.125. The van der Waals surface area contributed by atoms with Crippen molar-refractivity contribution in [1.82, 2.24) is 14.9 Å². The largest absolute Gasteiger partial charge is 0.454 e. The molecule has 0 saturated carbocycles. The maximum Gasteiger partial charge on any atom is 0.247 e. The highest BCUT2D eigenvalue weighted by Crippen LogP contribution is 2.33. The summed E-state index contributed by atoms with van der Waals surface area (Å²) in [4.78, 5) is 0.0548. The van der Waals surface area contributed by atoms with E-state index < -0.39 is 10.0 Å². The summed E-state index contributed by atoms with van der Waals surface area (Å²) < 4.78 is 43.1.